The molecule has 0 radical (unpaired) electrons. The maximum Gasteiger partial charge on any atom is 0.271 e. The Balaban J connectivity index is 2.74. The van der Waals surface area contributed by atoms with Gasteiger partial charge in [0.05, 0.1) is 10.6 Å². The molecule has 0 saturated heterocycles. The van der Waals surface area contributed by atoms with Crippen LogP contribution in [0.15, 0.2) is 39.7 Å². The number of amides is 1. The molecule has 128 valence electrons. The summed E-state index contributed by atoms with van der Waals surface area (Å²) in [5.74, 6) is -0.547. The van der Waals surface area contributed by atoms with Crippen LogP contribution in [0, 0.1) is 24.3 Å². The highest BCUT2D eigenvalue weighted by atomic mass is 127. The number of rotatable bonds is 3. The summed E-state index contributed by atoms with van der Waals surface area (Å²) in [6, 6.07) is 8.74. The quantitative estimate of drug-likeness (QED) is 0.549. The van der Waals surface area contributed by atoms with Crippen molar-refractivity contribution in [2.75, 3.05) is 4.31 Å². The number of sulfonamides is 1. The first-order valence-electron chi connectivity index (χ1n) is 7.14. The molecule has 0 heterocycles. The Morgan fingerprint density at radius 3 is 2.08 bits per heavy atom. The van der Waals surface area contributed by atoms with E-state index in [0.29, 0.717) is 20.4 Å². The summed E-state index contributed by atoms with van der Waals surface area (Å²) in [7, 11) is -4.00. The summed E-state index contributed by atoms with van der Waals surface area (Å²) < 4.78 is 28.9. The molecular formula is C17H17BrINO3S. The Morgan fingerprint density at radius 2 is 1.62 bits per heavy atom. The highest BCUT2D eigenvalue weighted by Gasteiger charge is 2.32. The van der Waals surface area contributed by atoms with E-state index in [9.17, 15) is 13.2 Å². The van der Waals surface area contributed by atoms with E-state index in [1.165, 1.54) is 6.92 Å². The zero-order chi connectivity index (χ0) is 18.2. The van der Waals surface area contributed by atoms with E-state index >= 15 is 0 Å². The van der Waals surface area contributed by atoms with E-state index in [1.54, 1.807) is 32.0 Å². The molecule has 2 rings (SSSR count). The topological polar surface area (TPSA) is 54.5 Å². The summed E-state index contributed by atoms with van der Waals surface area (Å²) in [5.41, 5.74) is 2.60. The molecule has 0 spiro atoms. The third-order valence-electron chi connectivity index (χ3n) is 3.52. The van der Waals surface area contributed by atoms with Gasteiger partial charge in [0.25, 0.3) is 10.0 Å². The Morgan fingerprint density at radius 1 is 1.08 bits per heavy atom. The minimum absolute atomic E-state index is 0.182. The van der Waals surface area contributed by atoms with E-state index < -0.39 is 15.9 Å². The second-order valence-electron chi connectivity index (χ2n) is 5.61. The summed E-state index contributed by atoms with van der Waals surface area (Å²) in [6.45, 7) is 6.67. The highest BCUT2D eigenvalue weighted by Crippen LogP contribution is 2.33. The van der Waals surface area contributed by atoms with Crippen molar-refractivity contribution < 1.29 is 13.2 Å². The van der Waals surface area contributed by atoms with Gasteiger partial charge in [-0.3, -0.25) is 4.79 Å². The van der Waals surface area contributed by atoms with E-state index in [1.807, 2.05) is 41.6 Å². The molecule has 0 aromatic heterocycles. The van der Waals surface area contributed by atoms with Gasteiger partial charge in [-0.05, 0) is 72.7 Å². The minimum atomic E-state index is -4.00. The molecule has 0 aliphatic rings. The van der Waals surface area contributed by atoms with Crippen LogP contribution in [0.3, 0.4) is 0 Å². The zero-order valence-electron chi connectivity index (χ0n) is 13.7. The smallest absolute Gasteiger partial charge is 0.271 e. The lowest BCUT2D eigenvalue weighted by atomic mass is 10.1. The van der Waals surface area contributed by atoms with E-state index in [4.69, 9.17) is 0 Å². The highest BCUT2D eigenvalue weighted by molar-refractivity contribution is 14.1. The molecule has 2 aromatic rings. The Bertz CT molecular complexity index is 902. The van der Waals surface area contributed by atoms with Crippen molar-refractivity contribution in [3.05, 3.63) is 55.1 Å². The molecule has 0 fully saturated rings. The first-order valence-corrected chi connectivity index (χ1v) is 10.5. The third-order valence-corrected chi connectivity index (χ3v) is 6.97. The number of halogens is 2. The van der Waals surface area contributed by atoms with Gasteiger partial charge < -0.3 is 0 Å². The van der Waals surface area contributed by atoms with Crippen LogP contribution in [0.2, 0.25) is 0 Å². The van der Waals surface area contributed by atoms with Gasteiger partial charge in [-0.25, -0.2) is 12.7 Å². The molecule has 0 saturated carbocycles. The number of carbonyl (C=O) groups excluding carboxylic acids is 1. The SMILES string of the molecule is CC(=O)N(c1ccc(Br)cc1I)S(=O)(=O)c1c(C)cc(C)cc1C. The van der Waals surface area contributed by atoms with Crippen LogP contribution in [-0.2, 0) is 14.8 Å². The Kier molecular flexibility index (Phi) is 5.76. The average molecular weight is 522 g/mol. The molecule has 0 bridgehead atoms. The van der Waals surface area contributed by atoms with Crippen LogP contribution < -0.4 is 4.31 Å². The van der Waals surface area contributed by atoms with Gasteiger partial charge in [0.15, 0.2) is 0 Å². The average Bonchev–Trinajstić information content (AvgIpc) is 2.39. The first-order chi connectivity index (χ1) is 11.1. The van der Waals surface area contributed by atoms with Gasteiger partial charge in [0, 0.05) is 15.0 Å². The van der Waals surface area contributed by atoms with E-state index in [-0.39, 0.29) is 4.90 Å². The molecule has 0 unspecified atom stereocenters. The van der Waals surface area contributed by atoms with E-state index in [2.05, 4.69) is 15.9 Å². The van der Waals surface area contributed by atoms with Crippen LogP contribution in [-0.4, -0.2) is 14.3 Å². The lowest BCUT2D eigenvalue weighted by Crippen LogP contribution is -2.36. The first kappa shape index (κ1) is 19.4. The number of anilines is 1. The van der Waals surface area contributed by atoms with Crippen molar-refractivity contribution in [2.24, 2.45) is 0 Å². The fourth-order valence-corrected chi connectivity index (χ4v) is 6.36. The monoisotopic (exact) mass is 521 g/mol. The molecule has 1 amide bonds. The van der Waals surface area contributed by atoms with Crippen molar-refractivity contribution >= 4 is 60.1 Å². The Labute approximate surface area is 164 Å². The second-order valence-corrected chi connectivity index (χ2v) is 9.41. The largest absolute Gasteiger partial charge is 0.274 e. The molecular weight excluding hydrogens is 505 g/mol. The summed E-state index contributed by atoms with van der Waals surface area (Å²) >= 11 is 5.38. The fourth-order valence-electron chi connectivity index (χ4n) is 2.78. The fraction of sp³-hybridized carbons (Fsp3) is 0.235. The number of nitrogens with zero attached hydrogens (tertiary/aromatic N) is 1. The standard InChI is InChI=1S/C17H17BrINO3S/c1-10-7-11(2)17(12(3)8-10)24(22,23)20(13(4)21)16-6-5-14(18)9-15(16)19/h5-9H,1-4H3. The normalized spacial score (nSPS) is 11.4. The predicted molar refractivity (Wildman–Crippen MR) is 108 cm³/mol. The van der Waals surface area contributed by atoms with Crippen molar-refractivity contribution in [3.8, 4) is 0 Å². The predicted octanol–water partition coefficient (Wildman–Crippen LogP) is 4.72. The van der Waals surface area contributed by atoms with Gasteiger partial charge in [0.2, 0.25) is 5.91 Å². The molecule has 4 nitrogen and oxygen atoms in total. The number of aryl methyl sites for hydroxylation is 3. The maximum absolute atomic E-state index is 13.3. The number of hydrogen-bond donors (Lipinski definition) is 0. The van der Waals surface area contributed by atoms with Crippen LogP contribution in [0.25, 0.3) is 0 Å². The van der Waals surface area contributed by atoms with Crippen LogP contribution >= 0.6 is 38.5 Å². The van der Waals surface area contributed by atoms with Crippen molar-refractivity contribution in [1.82, 2.24) is 0 Å². The Hall–Kier alpha value is -0.930. The summed E-state index contributed by atoms with van der Waals surface area (Å²) in [4.78, 5) is 12.4. The van der Waals surface area contributed by atoms with Crippen LogP contribution in [0.4, 0.5) is 5.69 Å². The second kappa shape index (κ2) is 7.13. The molecule has 0 N–H and O–H groups in total. The van der Waals surface area contributed by atoms with Gasteiger partial charge in [-0.15, -0.1) is 0 Å². The zero-order valence-corrected chi connectivity index (χ0v) is 18.3. The maximum atomic E-state index is 13.3. The van der Waals surface area contributed by atoms with E-state index in [0.717, 1.165) is 14.3 Å². The molecule has 0 aliphatic heterocycles. The molecule has 24 heavy (non-hydrogen) atoms. The molecule has 0 atom stereocenters. The van der Waals surface area contributed by atoms with Crippen LogP contribution in [0.5, 0.6) is 0 Å². The van der Waals surface area contributed by atoms with Gasteiger partial charge in [-0.1, -0.05) is 33.6 Å². The lowest BCUT2D eigenvalue weighted by molar-refractivity contribution is -0.115. The van der Waals surface area contributed by atoms with Gasteiger partial charge in [0.1, 0.15) is 0 Å². The summed E-state index contributed by atoms with van der Waals surface area (Å²) in [6.07, 6.45) is 0. The van der Waals surface area contributed by atoms with Crippen molar-refractivity contribution in [2.45, 2.75) is 32.6 Å². The van der Waals surface area contributed by atoms with Crippen molar-refractivity contribution in [3.63, 3.8) is 0 Å². The summed E-state index contributed by atoms with van der Waals surface area (Å²) in [5, 5.41) is 0. The third kappa shape index (κ3) is 3.67. The van der Waals surface area contributed by atoms with Crippen molar-refractivity contribution in [1.29, 1.82) is 0 Å². The molecule has 7 heteroatoms. The number of hydrogen-bond acceptors (Lipinski definition) is 3. The molecule has 0 aliphatic carbocycles. The van der Waals surface area contributed by atoms with Gasteiger partial charge in [-0.2, -0.15) is 0 Å². The molecule has 2 aromatic carbocycles. The minimum Gasteiger partial charge on any atom is -0.274 e. The lowest BCUT2D eigenvalue weighted by Gasteiger charge is -2.24. The number of carbonyl (C=O) groups is 1. The van der Waals surface area contributed by atoms with Crippen LogP contribution in [0.1, 0.15) is 23.6 Å². The van der Waals surface area contributed by atoms with Gasteiger partial charge >= 0.3 is 0 Å². The number of benzene rings is 2.